The summed E-state index contributed by atoms with van der Waals surface area (Å²) >= 11 is 0. The van der Waals surface area contributed by atoms with E-state index in [1.165, 1.54) is 13.0 Å². The fourth-order valence-corrected chi connectivity index (χ4v) is 1.37. The van der Waals surface area contributed by atoms with Gasteiger partial charge in [-0.3, -0.25) is 10.1 Å². The molecule has 2 aromatic rings. The maximum atomic E-state index is 10.6. The van der Waals surface area contributed by atoms with Crippen molar-refractivity contribution in [2.45, 2.75) is 6.92 Å². The van der Waals surface area contributed by atoms with Crippen LogP contribution in [-0.4, -0.2) is 11.2 Å². The maximum Gasteiger partial charge on any atom is 0.277 e. The number of nitrogens with zero attached hydrogens (tertiary/aromatic N) is 1. The molecule has 0 aliphatic heterocycles. The second-order valence-corrected chi connectivity index (χ2v) is 2.99. The van der Waals surface area contributed by atoms with Gasteiger partial charge >= 0.3 is 0 Å². The Morgan fingerprint density at radius 2 is 1.69 bits per heavy atom. The van der Waals surface area contributed by atoms with Gasteiger partial charge in [-0.1, -0.05) is 30.3 Å². The minimum absolute atomic E-state index is 0.165. The molecular formula is C12H11NO3. The monoisotopic (exact) mass is 217 g/mol. The van der Waals surface area contributed by atoms with Crippen molar-refractivity contribution in [3.05, 3.63) is 52.6 Å². The van der Waals surface area contributed by atoms with Gasteiger partial charge in [-0.2, -0.15) is 0 Å². The molecule has 0 N–H and O–H groups in total. The normalized spacial score (nSPS) is 9.06. The molecular weight excluding hydrogens is 206 g/mol. The molecule has 16 heavy (non-hydrogen) atoms. The van der Waals surface area contributed by atoms with E-state index >= 15 is 0 Å². The van der Waals surface area contributed by atoms with Crippen LogP contribution in [0.3, 0.4) is 0 Å². The van der Waals surface area contributed by atoms with Crippen LogP contribution in [0.5, 0.6) is 0 Å². The van der Waals surface area contributed by atoms with Crippen molar-refractivity contribution in [3.63, 3.8) is 0 Å². The molecule has 0 unspecified atom stereocenters. The fourth-order valence-electron chi connectivity index (χ4n) is 1.37. The molecule has 4 heteroatoms. The zero-order valence-corrected chi connectivity index (χ0v) is 8.79. The van der Waals surface area contributed by atoms with Gasteiger partial charge in [0.05, 0.1) is 10.3 Å². The molecule has 0 spiro atoms. The van der Waals surface area contributed by atoms with Gasteiger partial charge in [-0.25, -0.2) is 0 Å². The Morgan fingerprint density at radius 1 is 1.12 bits per heavy atom. The SMILES string of the molecule is CC=O.O=[N+]([O-])c1cccc2ccccc12. The van der Waals surface area contributed by atoms with Crippen LogP contribution in [0.25, 0.3) is 10.8 Å². The molecule has 0 saturated heterocycles. The molecule has 0 aliphatic rings. The van der Waals surface area contributed by atoms with E-state index in [0.717, 1.165) is 11.7 Å². The zero-order chi connectivity index (χ0) is 12.0. The maximum absolute atomic E-state index is 10.6. The van der Waals surface area contributed by atoms with E-state index in [1.54, 1.807) is 18.2 Å². The standard InChI is InChI=1S/C10H7NO2.C2H4O/c12-11(13)10-7-3-5-8-4-1-2-6-9(8)10;1-2-3/h1-7H;2H,1H3. The van der Waals surface area contributed by atoms with Gasteiger partial charge in [0.2, 0.25) is 0 Å². The summed E-state index contributed by atoms with van der Waals surface area (Å²) in [5.41, 5.74) is 0.165. The lowest BCUT2D eigenvalue weighted by molar-refractivity contribution is -0.383. The van der Waals surface area contributed by atoms with Crippen LogP contribution >= 0.6 is 0 Å². The van der Waals surface area contributed by atoms with E-state index in [2.05, 4.69) is 0 Å². The van der Waals surface area contributed by atoms with Gasteiger partial charge in [0.1, 0.15) is 6.29 Å². The molecule has 2 rings (SSSR count). The lowest BCUT2D eigenvalue weighted by atomic mass is 10.1. The third-order valence-corrected chi connectivity index (χ3v) is 1.96. The highest BCUT2D eigenvalue weighted by molar-refractivity contribution is 5.90. The van der Waals surface area contributed by atoms with Crippen LogP contribution in [0.4, 0.5) is 5.69 Å². The minimum atomic E-state index is -0.359. The van der Waals surface area contributed by atoms with Crippen LogP contribution in [0.1, 0.15) is 6.92 Å². The van der Waals surface area contributed by atoms with Crippen LogP contribution in [0, 0.1) is 10.1 Å². The first-order valence-electron chi connectivity index (χ1n) is 4.72. The highest BCUT2D eigenvalue weighted by atomic mass is 16.6. The van der Waals surface area contributed by atoms with Crippen LogP contribution in [-0.2, 0) is 4.79 Å². The van der Waals surface area contributed by atoms with E-state index in [9.17, 15) is 10.1 Å². The average Bonchev–Trinajstić information content (AvgIpc) is 2.29. The van der Waals surface area contributed by atoms with Crippen molar-refractivity contribution >= 4 is 22.7 Å². The fraction of sp³-hybridized carbons (Fsp3) is 0.0833. The minimum Gasteiger partial charge on any atom is -0.304 e. The Labute approximate surface area is 92.7 Å². The predicted octanol–water partition coefficient (Wildman–Crippen LogP) is 2.95. The molecule has 0 fully saturated rings. The highest BCUT2D eigenvalue weighted by Crippen LogP contribution is 2.24. The molecule has 4 nitrogen and oxygen atoms in total. The summed E-state index contributed by atoms with van der Waals surface area (Å²) in [7, 11) is 0. The third kappa shape index (κ3) is 2.63. The summed E-state index contributed by atoms with van der Waals surface area (Å²) in [5.74, 6) is 0. The smallest absolute Gasteiger partial charge is 0.277 e. The van der Waals surface area contributed by atoms with Gasteiger partial charge in [0, 0.05) is 6.07 Å². The molecule has 0 atom stereocenters. The first-order chi connectivity index (χ1) is 7.70. The van der Waals surface area contributed by atoms with Crippen molar-refractivity contribution in [1.82, 2.24) is 0 Å². The number of nitro groups is 1. The number of fused-ring (bicyclic) bond motifs is 1. The molecule has 2 aromatic carbocycles. The van der Waals surface area contributed by atoms with E-state index in [1.807, 2.05) is 18.2 Å². The Morgan fingerprint density at radius 3 is 2.31 bits per heavy atom. The van der Waals surface area contributed by atoms with Gasteiger partial charge in [0.25, 0.3) is 5.69 Å². The number of carbonyl (C=O) groups is 1. The molecule has 82 valence electrons. The van der Waals surface area contributed by atoms with Gasteiger partial charge in [0.15, 0.2) is 0 Å². The Balaban J connectivity index is 0.000000386. The molecule has 0 saturated carbocycles. The highest BCUT2D eigenvalue weighted by Gasteiger charge is 2.08. The van der Waals surface area contributed by atoms with Crippen LogP contribution < -0.4 is 0 Å². The zero-order valence-electron chi connectivity index (χ0n) is 8.79. The van der Waals surface area contributed by atoms with E-state index < -0.39 is 0 Å². The number of rotatable bonds is 1. The summed E-state index contributed by atoms with van der Waals surface area (Å²) in [5, 5.41) is 12.2. The number of hydrogen-bond donors (Lipinski definition) is 0. The first-order valence-corrected chi connectivity index (χ1v) is 4.72. The van der Waals surface area contributed by atoms with Gasteiger partial charge < -0.3 is 4.79 Å². The second kappa shape index (κ2) is 5.60. The predicted molar refractivity (Wildman–Crippen MR) is 62.3 cm³/mol. The van der Waals surface area contributed by atoms with Crippen molar-refractivity contribution in [3.8, 4) is 0 Å². The lowest BCUT2D eigenvalue weighted by Crippen LogP contribution is -1.88. The number of carbonyl (C=O) groups excluding carboxylic acids is 1. The molecule has 0 amide bonds. The summed E-state index contributed by atoms with van der Waals surface area (Å²) in [6.07, 6.45) is 0.750. The quantitative estimate of drug-likeness (QED) is 0.419. The Kier molecular flexibility index (Phi) is 4.15. The van der Waals surface area contributed by atoms with Crippen molar-refractivity contribution in [2.75, 3.05) is 0 Å². The number of hydrogen-bond acceptors (Lipinski definition) is 3. The van der Waals surface area contributed by atoms with Gasteiger partial charge in [-0.05, 0) is 18.4 Å². The molecule has 0 aliphatic carbocycles. The van der Waals surface area contributed by atoms with Crippen molar-refractivity contribution in [2.24, 2.45) is 0 Å². The van der Waals surface area contributed by atoms with Crippen LogP contribution in [0.15, 0.2) is 42.5 Å². The van der Waals surface area contributed by atoms with Crippen molar-refractivity contribution in [1.29, 1.82) is 0 Å². The van der Waals surface area contributed by atoms with E-state index in [-0.39, 0.29) is 10.6 Å². The number of non-ortho nitro benzene ring substituents is 1. The summed E-state index contributed by atoms with van der Waals surface area (Å²) in [6, 6.07) is 12.4. The molecule has 0 aromatic heterocycles. The lowest BCUT2D eigenvalue weighted by Gasteiger charge is -1.97. The Hall–Kier alpha value is -2.23. The molecule has 0 bridgehead atoms. The Bertz CT molecular complexity index is 503. The molecule has 0 radical (unpaired) electrons. The third-order valence-electron chi connectivity index (χ3n) is 1.96. The van der Waals surface area contributed by atoms with E-state index in [0.29, 0.717) is 5.39 Å². The molecule has 0 heterocycles. The van der Waals surface area contributed by atoms with E-state index in [4.69, 9.17) is 4.79 Å². The summed E-state index contributed by atoms with van der Waals surface area (Å²) in [4.78, 5) is 19.1. The number of nitro benzene ring substituents is 1. The second-order valence-electron chi connectivity index (χ2n) is 2.99. The first kappa shape index (κ1) is 11.8. The summed E-state index contributed by atoms with van der Waals surface area (Å²) in [6.45, 7) is 1.44. The topological polar surface area (TPSA) is 60.2 Å². The average molecular weight is 217 g/mol. The largest absolute Gasteiger partial charge is 0.304 e. The van der Waals surface area contributed by atoms with Crippen molar-refractivity contribution < 1.29 is 9.72 Å². The number of aldehydes is 1. The van der Waals surface area contributed by atoms with Crippen LogP contribution in [0.2, 0.25) is 0 Å². The van der Waals surface area contributed by atoms with Gasteiger partial charge in [-0.15, -0.1) is 0 Å². The number of benzene rings is 2. The summed E-state index contributed by atoms with van der Waals surface area (Å²) < 4.78 is 0.